The summed E-state index contributed by atoms with van der Waals surface area (Å²) in [6, 6.07) is 1.30. The lowest BCUT2D eigenvalue weighted by molar-refractivity contribution is 0.450. The second kappa shape index (κ2) is 5.75. The van der Waals surface area contributed by atoms with E-state index >= 15 is 0 Å². The highest BCUT2D eigenvalue weighted by molar-refractivity contribution is 7.89. The number of sulfonamides is 1. The third kappa shape index (κ3) is 2.99. The lowest BCUT2D eigenvalue weighted by Gasteiger charge is -2.19. The Morgan fingerprint density at radius 3 is 2.65 bits per heavy atom. The van der Waals surface area contributed by atoms with E-state index in [1.807, 2.05) is 0 Å². The van der Waals surface area contributed by atoms with Crippen LogP contribution in [0.5, 0.6) is 0 Å². The van der Waals surface area contributed by atoms with Crippen molar-refractivity contribution in [2.45, 2.75) is 37.1 Å². The minimum absolute atomic E-state index is 0.0446. The number of nitrogens with two attached hydrogens (primary N) is 1. The molecule has 1 aromatic carbocycles. The van der Waals surface area contributed by atoms with Crippen molar-refractivity contribution < 1.29 is 17.2 Å². The van der Waals surface area contributed by atoms with Crippen LogP contribution in [-0.2, 0) is 10.0 Å². The Morgan fingerprint density at radius 2 is 2.00 bits per heavy atom. The molecule has 1 aliphatic carbocycles. The average molecular weight is 304 g/mol. The number of hydrogen-bond donors (Lipinski definition) is 2. The van der Waals surface area contributed by atoms with Gasteiger partial charge >= 0.3 is 0 Å². The molecule has 3 N–H and O–H groups in total. The maximum absolute atomic E-state index is 13.8. The normalized spacial score (nSPS) is 23.2. The number of nitrogens with one attached hydrogen (secondary N) is 1. The predicted octanol–water partition coefficient (Wildman–Crippen LogP) is 1.68. The fourth-order valence-electron chi connectivity index (χ4n) is 2.57. The van der Waals surface area contributed by atoms with Crippen LogP contribution in [0.1, 0.15) is 24.8 Å². The molecule has 0 unspecified atom stereocenters. The Bertz CT molecular complexity index is 605. The Hall–Kier alpha value is -1.05. The SMILES string of the molecule is Cc1cc(F)c(S(=O)(=O)N[C@H]2CCC[C@@H]2CN)cc1F. The maximum atomic E-state index is 13.8. The highest BCUT2D eigenvalue weighted by Gasteiger charge is 2.31. The molecule has 0 spiro atoms. The van der Waals surface area contributed by atoms with Gasteiger partial charge in [0.05, 0.1) is 0 Å². The zero-order valence-electron chi connectivity index (χ0n) is 11.2. The molecule has 1 aromatic rings. The first kappa shape index (κ1) is 15.3. The number of rotatable bonds is 4. The lowest BCUT2D eigenvalue weighted by Crippen LogP contribution is -2.40. The average Bonchev–Trinajstić information content (AvgIpc) is 2.80. The van der Waals surface area contributed by atoms with Crippen LogP contribution in [0, 0.1) is 24.5 Å². The molecule has 0 heterocycles. The van der Waals surface area contributed by atoms with Crippen molar-refractivity contribution in [3.63, 3.8) is 0 Å². The molecular weight excluding hydrogens is 286 g/mol. The topological polar surface area (TPSA) is 72.2 Å². The van der Waals surface area contributed by atoms with Crippen LogP contribution in [0.15, 0.2) is 17.0 Å². The first-order chi connectivity index (χ1) is 9.35. The van der Waals surface area contributed by atoms with Gasteiger partial charge in [0.2, 0.25) is 10.0 Å². The molecule has 2 atom stereocenters. The van der Waals surface area contributed by atoms with Gasteiger partial charge in [-0.25, -0.2) is 21.9 Å². The van der Waals surface area contributed by atoms with Gasteiger partial charge in [-0.15, -0.1) is 0 Å². The standard InChI is InChI=1S/C13H18F2N2O2S/c1-8-5-11(15)13(6-10(8)14)20(18,19)17-12-4-2-3-9(12)7-16/h5-6,9,12,17H,2-4,7,16H2,1H3/t9-,12+/m1/s1. The van der Waals surface area contributed by atoms with Gasteiger partial charge in [-0.2, -0.15) is 0 Å². The maximum Gasteiger partial charge on any atom is 0.243 e. The third-order valence-corrected chi connectivity index (χ3v) is 5.28. The van der Waals surface area contributed by atoms with E-state index in [1.165, 1.54) is 6.92 Å². The summed E-state index contributed by atoms with van der Waals surface area (Å²) in [7, 11) is -4.08. The molecule has 20 heavy (non-hydrogen) atoms. The lowest BCUT2D eigenvalue weighted by atomic mass is 10.1. The van der Waals surface area contributed by atoms with Crippen LogP contribution in [0.2, 0.25) is 0 Å². The van der Waals surface area contributed by atoms with Crippen LogP contribution in [0.25, 0.3) is 0 Å². The van der Waals surface area contributed by atoms with Gasteiger partial charge in [-0.1, -0.05) is 6.42 Å². The molecule has 0 amide bonds. The van der Waals surface area contributed by atoms with E-state index in [9.17, 15) is 17.2 Å². The van der Waals surface area contributed by atoms with Gasteiger partial charge in [0, 0.05) is 6.04 Å². The molecule has 0 bridgehead atoms. The van der Waals surface area contributed by atoms with E-state index in [0.717, 1.165) is 25.0 Å². The van der Waals surface area contributed by atoms with Gasteiger partial charge in [0.1, 0.15) is 16.5 Å². The van der Waals surface area contributed by atoms with E-state index in [1.54, 1.807) is 0 Å². The van der Waals surface area contributed by atoms with Crippen molar-refractivity contribution in [1.29, 1.82) is 0 Å². The van der Waals surface area contributed by atoms with Crippen LogP contribution < -0.4 is 10.5 Å². The minimum Gasteiger partial charge on any atom is -0.330 e. The fourth-order valence-corrected chi connectivity index (χ4v) is 3.98. The first-order valence-electron chi connectivity index (χ1n) is 6.53. The summed E-state index contributed by atoms with van der Waals surface area (Å²) in [5.74, 6) is -1.64. The van der Waals surface area contributed by atoms with Crippen LogP contribution >= 0.6 is 0 Å². The van der Waals surface area contributed by atoms with E-state index in [-0.39, 0.29) is 17.5 Å². The summed E-state index contributed by atoms with van der Waals surface area (Å²) in [5, 5.41) is 0. The molecule has 1 aliphatic rings. The second-order valence-electron chi connectivity index (χ2n) is 5.19. The zero-order valence-corrected chi connectivity index (χ0v) is 12.0. The number of hydrogen-bond acceptors (Lipinski definition) is 3. The largest absolute Gasteiger partial charge is 0.330 e. The quantitative estimate of drug-likeness (QED) is 0.889. The van der Waals surface area contributed by atoms with Gasteiger partial charge in [-0.05, 0) is 49.9 Å². The van der Waals surface area contributed by atoms with Crippen molar-refractivity contribution in [3.05, 3.63) is 29.3 Å². The summed E-state index contributed by atoms with van der Waals surface area (Å²) < 4.78 is 54.0. The summed E-state index contributed by atoms with van der Waals surface area (Å²) >= 11 is 0. The van der Waals surface area contributed by atoms with Gasteiger partial charge in [0.15, 0.2) is 0 Å². The van der Waals surface area contributed by atoms with E-state index in [2.05, 4.69) is 4.72 Å². The Morgan fingerprint density at radius 1 is 1.30 bits per heavy atom. The molecule has 112 valence electrons. The summed E-state index contributed by atoms with van der Waals surface area (Å²) in [6.45, 7) is 1.75. The number of halogens is 2. The van der Waals surface area contributed by atoms with E-state index < -0.39 is 26.6 Å². The van der Waals surface area contributed by atoms with Crippen molar-refractivity contribution in [1.82, 2.24) is 4.72 Å². The van der Waals surface area contributed by atoms with Crippen LogP contribution in [0.4, 0.5) is 8.78 Å². The monoisotopic (exact) mass is 304 g/mol. The number of aryl methyl sites for hydroxylation is 1. The van der Waals surface area contributed by atoms with Crippen molar-refractivity contribution in [2.75, 3.05) is 6.54 Å². The van der Waals surface area contributed by atoms with E-state index in [0.29, 0.717) is 13.0 Å². The third-order valence-electron chi connectivity index (χ3n) is 3.77. The molecule has 0 aliphatic heterocycles. The Labute approximate surface area is 117 Å². The highest BCUT2D eigenvalue weighted by Crippen LogP contribution is 2.27. The Kier molecular flexibility index (Phi) is 4.41. The highest BCUT2D eigenvalue weighted by atomic mass is 32.2. The van der Waals surface area contributed by atoms with E-state index in [4.69, 9.17) is 5.73 Å². The summed E-state index contributed by atoms with van der Waals surface area (Å²) in [5.41, 5.74) is 5.66. The predicted molar refractivity (Wildman–Crippen MR) is 71.6 cm³/mol. The van der Waals surface area contributed by atoms with Crippen molar-refractivity contribution in [2.24, 2.45) is 11.7 Å². The molecule has 2 rings (SSSR count). The van der Waals surface area contributed by atoms with Gasteiger partial charge in [-0.3, -0.25) is 0 Å². The molecule has 7 heteroatoms. The first-order valence-corrected chi connectivity index (χ1v) is 8.01. The fraction of sp³-hybridized carbons (Fsp3) is 0.538. The van der Waals surface area contributed by atoms with Crippen LogP contribution in [0.3, 0.4) is 0 Å². The summed E-state index contributed by atoms with van der Waals surface area (Å²) in [4.78, 5) is -0.650. The molecule has 4 nitrogen and oxygen atoms in total. The van der Waals surface area contributed by atoms with Crippen molar-refractivity contribution in [3.8, 4) is 0 Å². The molecule has 1 fully saturated rings. The molecular formula is C13H18F2N2O2S. The number of benzene rings is 1. The smallest absolute Gasteiger partial charge is 0.243 e. The molecule has 0 radical (unpaired) electrons. The summed E-state index contributed by atoms with van der Waals surface area (Å²) in [6.07, 6.45) is 2.38. The Balaban J connectivity index is 2.29. The minimum atomic E-state index is -4.08. The molecule has 1 saturated carbocycles. The second-order valence-corrected chi connectivity index (χ2v) is 6.87. The van der Waals surface area contributed by atoms with Crippen molar-refractivity contribution >= 4 is 10.0 Å². The van der Waals surface area contributed by atoms with Gasteiger partial charge in [0.25, 0.3) is 0 Å². The van der Waals surface area contributed by atoms with Gasteiger partial charge < -0.3 is 5.73 Å². The molecule has 0 aromatic heterocycles. The zero-order chi connectivity index (χ0) is 14.9. The molecule has 0 saturated heterocycles. The van der Waals surface area contributed by atoms with Crippen LogP contribution in [-0.4, -0.2) is 21.0 Å².